The number of carbonyl (C=O) groups excluding carboxylic acids is 1. The van der Waals surface area contributed by atoms with E-state index in [0.29, 0.717) is 5.17 Å². The van der Waals surface area contributed by atoms with Crippen molar-refractivity contribution in [1.29, 1.82) is 5.41 Å². The Bertz CT molecular complexity index is 1040. The van der Waals surface area contributed by atoms with Crippen molar-refractivity contribution in [2.75, 3.05) is 0 Å². The molecule has 9 heteroatoms. The van der Waals surface area contributed by atoms with Crippen molar-refractivity contribution in [3.05, 3.63) is 74.9 Å². The molecule has 128 valence electrons. The minimum Gasteiger partial charge on any atom is -0.401 e. The van der Waals surface area contributed by atoms with Crippen LogP contribution in [0, 0.1) is 15.5 Å². The van der Waals surface area contributed by atoms with Gasteiger partial charge in [0.2, 0.25) is 0 Å². The first-order valence-corrected chi connectivity index (χ1v) is 8.33. The molecule has 2 aliphatic rings. The molecule has 4 rings (SSSR count). The maximum atomic E-state index is 12.3. The van der Waals surface area contributed by atoms with Crippen molar-refractivity contribution < 1.29 is 14.1 Å². The van der Waals surface area contributed by atoms with Crippen LogP contribution in [0.25, 0.3) is 11.8 Å². The van der Waals surface area contributed by atoms with Gasteiger partial charge in [-0.15, -0.1) is 0 Å². The minimum absolute atomic E-state index is 0.00216. The second kappa shape index (κ2) is 6.12. The van der Waals surface area contributed by atoms with Gasteiger partial charge in [0.15, 0.2) is 5.17 Å². The van der Waals surface area contributed by atoms with Crippen molar-refractivity contribution >= 4 is 46.3 Å². The van der Waals surface area contributed by atoms with Crippen LogP contribution in [0.2, 0.25) is 0 Å². The van der Waals surface area contributed by atoms with Crippen LogP contribution in [0.5, 0.6) is 0 Å². The van der Waals surface area contributed by atoms with Gasteiger partial charge in [0, 0.05) is 5.41 Å². The Morgan fingerprint density at radius 1 is 1.23 bits per heavy atom. The summed E-state index contributed by atoms with van der Waals surface area (Å²) in [5.74, 6) is -0.965. The highest BCUT2D eigenvalue weighted by atomic mass is 32.2. The average molecular weight is 366 g/mol. The number of nitro groups is 1. The number of hydrogen-bond acceptors (Lipinski definition) is 6. The van der Waals surface area contributed by atoms with Crippen LogP contribution in [0.3, 0.4) is 0 Å². The molecule has 0 bridgehead atoms. The summed E-state index contributed by atoms with van der Waals surface area (Å²) in [5, 5.41) is 21.4. The highest BCUT2D eigenvalue weighted by Crippen LogP contribution is 2.37. The van der Waals surface area contributed by atoms with Gasteiger partial charge in [-0.05, 0) is 17.7 Å². The number of fused-ring (bicyclic) bond motifs is 1. The molecular formula is C17H10N4O4S. The van der Waals surface area contributed by atoms with Gasteiger partial charge >= 0.3 is 5.88 Å². The van der Waals surface area contributed by atoms with Crippen molar-refractivity contribution in [2.45, 2.75) is 0 Å². The molecule has 2 aromatic rings. The maximum Gasteiger partial charge on any atom is 0.433 e. The Balaban J connectivity index is 1.72. The molecule has 1 N–H and O–H groups in total. The molecule has 2 aliphatic heterocycles. The van der Waals surface area contributed by atoms with Gasteiger partial charge in [-0.2, -0.15) is 4.99 Å². The molecule has 1 aromatic carbocycles. The SMILES string of the molecule is N=C1C(=Cc2ccc([N+](=O)[O-])o2)C(=O)N=C2SC=C(c3ccccc3)N12. The average Bonchev–Trinajstić information content (AvgIpc) is 3.26. The van der Waals surface area contributed by atoms with Gasteiger partial charge in [0.25, 0.3) is 5.91 Å². The molecule has 1 aromatic heterocycles. The summed E-state index contributed by atoms with van der Waals surface area (Å²) in [4.78, 5) is 28.0. The highest BCUT2D eigenvalue weighted by molar-refractivity contribution is 8.17. The first-order valence-electron chi connectivity index (χ1n) is 7.45. The smallest absolute Gasteiger partial charge is 0.401 e. The Morgan fingerprint density at radius 2 is 2.00 bits per heavy atom. The molecule has 0 spiro atoms. The molecular weight excluding hydrogens is 356 g/mol. The fraction of sp³-hybridized carbons (Fsp3) is 0. The molecule has 1 amide bonds. The lowest BCUT2D eigenvalue weighted by molar-refractivity contribution is -0.402. The Morgan fingerprint density at radius 3 is 2.69 bits per heavy atom. The second-order valence-corrected chi connectivity index (χ2v) is 6.20. The minimum atomic E-state index is -0.667. The Kier molecular flexibility index (Phi) is 3.77. The van der Waals surface area contributed by atoms with Crippen LogP contribution in [0.1, 0.15) is 11.3 Å². The van der Waals surface area contributed by atoms with Crippen LogP contribution in [0.15, 0.2) is 62.9 Å². The van der Waals surface area contributed by atoms with Gasteiger partial charge in [0.05, 0.1) is 17.3 Å². The zero-order chi connectivity index (χ0) is 18.3. The fourth-order valence-electron chi connectivity index (χ4n) is 2.57. The van der Waals surface area contributed by atoms with Crippen molar-refractivity contribution in [1.82, 2.24) is 4.90 Å². The lowest BCUT2D eigenvalue weighted by Gasteiger charge is -2.26. The Labute approximate surface area is 151 Å². The van der Waals surface area contributed by atoms with Gasteiger partial charge in [-0.1, -0.05) is 42.1 Å². The lowest BCUT2D eigenvalue weighted by Crippen LogP contribution is -2.37. The number of nitrogens with zero attached hydrogens (tertiary/aromatic N) is 3. The number of carbonyl (C=O) groups is 1. The number of nitrogens with one attached hydrogen (secondary N) is 1. The van der Waals surface area contributed by atoms with E-state index in [1.165, 1.54) is 30.0 Å². The number of furan rings is 1. The van der Waals surface area contributed by atoms with E-state index in [1.807, 2.05) is 35.7 Å². The lowest BCUT2D eigenvalue weighted by atomic mass is 10.1. The third-order valence-electron chi connectivity index (χ3n) is 3.76. The van der Waals surface area contributed by atoms with E-state index in [2.05, 4.69) is 4.99 Å². The molecule has 0 fully saturated rings. The molecule has 8 nitrogen and oxygen atoms in total. The second-order valence-electron chi connectivity index (χ2n) is 5.36. The van der Waals surface area contributed by atoms with E-state index in [-0.39, 0.29) is 17.2 Å². The number of benzene rings is 1. The molecule has 3 heterocycles. The molecule has 26 heavy (non-hydrogen) atoms. The normalized spacial score (nSPS) is 18.0. The summed E-state index contributed by atoms with van der Waals surface area (Å²) in [5.41, 5.74) is 1.63. The number of amides is 1. The van der Waals surface area contributed by atoms with E-state index in [1.54, 1.807) is 4.90 Å². The quantitative estimate of drug-likeness (QED) is 0.505. The summed E-state index contributed by atoms with van der Waals surface area (Å²) < 4.78 is 5.06. The Hall–Kier alpha value is -3.46. The molecule has 0 saturated heterocycles. The summed E-state index contributed by atoms with van der Waals surface area (Å²) in [7, 11) is 0. The summed E-state index contributed by atoms with van der Waals surface area (Å²) in [6.45, 7) is 0. The number of rotatable bonds is 3. The predicted octanol–water partition coefficient (Wildman–Crippen LogP) is 3.49. The van der Waals surface area contributed by atoms with E-state index in [9.17, 15) is 14.9 Å². The van der Waals surface area contributed by atoms with Crippen LogP contribution in [-0.2, 0) is 4.79 Å². The topological polar surface area (TPSA) is 113 Å². The zero-order valence-corrected chi connectivity index (χ0v) is 13.9. The third kappa shape index (κ3) is 2.64. The number of thioether (sulfide) groups is 1. The molecule has 0 unspecified atom stereocenters. The standard InChI is InChI=1S/C17H10N4O4S/c18-15-12(8-11-6-7-14(25-11)21(23)24)16(22)19-17-20(15)13(9-26-17)10-4-2-1-3-5-10/h1-9,18H. The summed E-state index contributed by atoms with van der Waals surface area (Å²) in [6.07, 6.45) is 1.30. The number of amidine groups is 2. The number of aliphatic imine (C=N–C) groups is 1. The van der Waals surface area contributed by atoms with Crippen molar-refractivity contribution in [2.24, 2.45) is 4.99 Å². The van der Waals surface area contributed by atoms with E-state index in [4.69, 9.17) is 9.83 Å². The van der Waals surface area contributed by atoms with Gasteiger partial charge < -0.3 is 4.42 Å². The summed E-state index contributed by atoms with van der Waals surface area (Å²) >= 11 is 1.27. The van der Waals surface area contributed by atoms with Crippen LogP contribution < -0.4 is 0 Å². The van der Waals surface area contributed by atoms with Gasteiger partial charge in [-0.3, -0.25) is 25.2 Å². The molecule has 0 saturated carbocycles. The van der Waals surface area contributed by atoms with E-state index >= 15 is 0 Å². The first-order chi connectivity index (χ1) is 12.5. The van der Waals surface area contributed by atoms with E-state index < -0.39 is 16.7 Å². The van der Waals surface area contributed by atoms with Crippen molar-refractivity contribution in [3.8, 4) is 0 Å². The largest absolute Gasteiger partial charge is 0.433 e. The molecule has 0 aliphatic carbocycles. The van der Waals surface area contributed by atoms with Crippen LogP contribution >= 0.6 is 11.8 Å². The molecule has 0 atom stereocenters. The first kappa shape index (κ1) is 16.0. The van der Waals surface area contributed by atoms with Gasteiger partial charge in [-0.25, -0.2) is 0 Å². The van der Waals surface area contributed by atoms with Gasteiger partial charge in [0.1, 0.15) is 16.5 Å². The van der Waals surface area contributed by atoms with Crippen molar-refractivity contribution in [3.63, 3.8) is 0 Å². The van der Waals surface area contributed by atoms with E-state index in [0.717, 1.165) is 11.3 Å². The van der Waals surface area contributed by atoms with Crippen LogP contribution in [0.4, 0.5) is 5.88 Å². The predicted molar refractivity (Wildman–Crippen MR) is 97.4 cm³/mol. The highest BCUT2D eigenvalue weighted by Gasteiger charge is 2.36. The zero-order valence-electron chi connectivity index (χ0n) is 13.1. The third-order valence-corrected chi connectivity index (χ3v) is 4.59. The fourth-order valence-corrected chi connectivity index (χ4v) is 3.46. The number of hydrogen-bond donors (Lipinski definition) is 1. The maximum absolute atomic E-state index is 12.3. The molecule has 0 radical (unpaired) electrons. The summed E-state index contributed by atoms with van der Waals surface area (Å²) in [6, 6.07) is 12.0. The van der Waals surface area contributed by atoms with Crippen LogP contribution in [-0.4, -0.2) is 26.7 Å². The monoisotopic (exact) mass is 366 g/mol.